The summed E-state index contributed by atoms with van der Waals surface area (Å²) in [5.74, 6) is 0. The minimum Gasteiger partial charge on any atom is -0.393 e. The number of aryl methyl sites for hydroxylation is 2. The third kappa shape index (κ3) is 3.34. The molecule has 0 aliphatic rings. The van der Waals surface area contributed by atoms with Crippen molar-refractivity contribution in [3.63, 3.8) is 0 Å². The van der Waals surface area contributed by atoms with Crippen LogP contribution < -0.4 is 11.1 Å². The maximum absolute atomic E-state index is 11.5. The number of unbranched alkanes of at least 4 members (excludes halogenated alkanes) is 1. The molecule has 0 amide bonds. The molecule has 0 aliphatic heterocycles. The van der Waals surface area contributed by atoms with Gasteiger partial charge < -0.3 is 14.2 Å². The van der Waals surface area contributed by atoms with E-state index in [1.165, 1.54) is 9.13 Å². The van der Waals surface area contributed by atoms with E-state index in [2.05, 4.69) is 0 Å². The zero-order valence-electron chi connectivity index (χ0n) is 9.72. The van der Waals surface area contributed by atoms with Crippen molar-refractivity contribution in [2.24, 2.45) is 7.05 Å². The summed E-state index contributed by atoms with van der Waals surface area (Å²) in [6, 6.07) is 0. The first-order chi connectivity index (χ1) is 7.52. The molecule has 5 heteroatoms. The Hall–Kier alpha value is -1.36. The van der Waals surface area contributed by atoms with Crippen LogP contribution in [0.5, 0.6) is 0 Å². The van der Waals surface area contributed by atoms with Crippen LogP contribution >= 0.6 is 0 Å². The van der Waals surface area contributed by atoms with Crippen LogP contribution in [0.1, 0.15) is 26.2 Å². The predicted octanol–water partition coefficient (Wildman–Crippen LogP) is 0.0981. The second-order valence-corrected chi connectivity index (χ2v) is 4.06. The zero-order valence-corrected chi connectivity index (χ0v) is 9.72. The number of aromatic nitrogens is 2. The fourth-order valence-electron chi connectivity index (χ4n) is 1.49. The van der Waals surface area contributed by atoms with E-state index in [0.29, 0.717) is 6.54 Å². The molecule has 16 heavy (non-hydrogen) atoms. The normalized spacial score (nSPS) is 12.7. The van der Waals surface area contributed by atoms with Crippen LogP contribution in [-0.4, -0.2) is 20.3 Å². The third-order valence-corrected chi connectivity index (χ3v) is 2.51. The van der Waals surface area contributed by atoms with Crippen LogP contribution in [0, 0.1) is 0 Å². The van der Waals surface area contributed by atoms with Crippen molar-refractivity contribution >= 4 is 0 Å². The first-order valence-electron chi connectivity index (χ1n) is 5.46. The molecule has 90 valence electrons. The van der Waals surface area contributed by atoms with E-state index in [9.17, 15) is 9.59 Å². The number of rotatable bonds is 5. The molecule has 0 saturated carbocycles. The van der Waals surface area contributed by atoms with Crippen LogP contribution in [0.25, 0.3) is 0 Å². The van der Waals surface area contributed by atoms with Gasteiger partial charge in [0, 0.05) is 26.0 Å². The molecule has 0 saturated heterocycles. The summed E-state index contributed by atoms with van der Waals surface area (Å²) >= 11 is 0. The van der Waals surface area contributed by atoms with Gasteiger partial charge in [0.1, 0.15) is 0 Å². The standard InChI is InChI=1S/C11H18N2O3/c1-9(14)5-3-4-6-13-8-7-12(2)10(15)11(13)16/h7-9,14H,3-6H2,1-2H3. The number of hydrogen-bond acceptors (Lipinski definition) is 3. The lowest BCUT2D eigenvalue weighted by molar-refractivity contribution is 0.180. The van der Waals surface area contributed by atoms with Crippen molar-refractivity contribution in [2.45, 2.75) is 38.8 Å². The van der Waals surface area contributed by atoms with Gasteiger partial charge in [0.25, 0.3) is 0 Å². The summed E-state index contributed by atoms with van der Waals surface area (Å²) in [6.45, 7) is 2.27. The molecule has 1 aromatic heterocycles. The Labute approximate surface area is 94.0 Å². The van der Waals surface area contributed by atoms with Gasteiger partial charge in [0.2, 0.25) is 0 Å². The van der Waals surface area contributed by atoms with E-state index in [0.717, 1.165) is 19.3 Å². The van der Waals surface area contributed by atoms with Gasteiger partial charge in [-0.15, -0.1) is 0 Å². The Bertz CT molecular complexity index is 445. The van der Waals surface area contributed by atoms with E-state index in [-0.39, 0.29) is 6.10 Å². The SMILES string of the molecule is CC(O)CCCCn1ccn(C)c(=O)c1=O. The highest BCUT2D eigenvalue weighted by Gasteiger charge is 2.02. The second kappa shape index (κ2) is 5.65. The summed E-state index contributed by atoms with van der Waals surface area (Å²) < 4.78 is 2.69. The van der Waals surface area contributed by atoms with Crippen LogP contribution in [0.3, 0.4) is 0 Å². The highest BCUT2D eigenvalue weighted by Crippen LogP contribution is 2.00. The van der Waals surface area contributed by atoms with Gasteiger partial charge in [-0.1, -0.05) is 0 Å². The zero-order chi connectivity index (χ0) is 12.1. The molecule has 0 bridgehead atoms. The lowest BCUT2D eigenvalue weighted by Crippen LogP contribution is -2.39. The smallest absolute Gasteiger partial charge is 0.316 e. The summed E-state index contributed by atoms with van der Waals surface area (Å²) in [5, 5.41) is 9.06. The summed E-state index contributed by atoms with van der Waals surface area (Å²) in [6.07, 6.45) is 5.25. The Morgan fingerprint density at radius 3 is 2.56 bits per heavy atom. The molecule has 0 radical (unpaired) electrons. The van der Waals surface area contributed by atoms with Gasteiger partial charge in [-0.3, -0.25) is 9.59 Å². The monoisotopic (exact) mass is 226 g/mol. The van der Waals surface area contributed by atoms with Gasteiger partial charge in [-0.05, 0) is 26.2 Å². The first kappa shape index (κ1) is 12.7. The van der Waals surface area contributed by atoms with Crippen molar-refractivity contribution in [2.75, 3.05) is 0 Å². The van der Waals surface area contributed by atoms with Gasteiger partial charge in [0.05, 0.1) is 6.10 Å². The van der Waals surface area contributed by atoms with Crippen LogP contribution in [0.2, 0.25) is 0 Å². The Balaban J connectivity index is 2.59. The fraction of sp³-hybridized carbons (Fsp3) is 0.636. The van der Waals surface area contributed by atoms with Gasteiger partial charge >= 0.3 is 11.1 Å². The molecule has 0 fully saturated rings. The van der Waals surface area contributed by atoms with Crippen molar-refractivity contribution in [1.82, 2.24) is 9.13 Å². The van der Waals surface area contributed by atoms with Gasteiger partial charge in [0.15, 0.2) is 0 Å². The Kier molecular flexibility index (Phi) is 4.49. The van der Waals surface area contributed by atoms with E-state index >= 15 is 0 Å². The molecule has 1 N–H and O–H groups in total. The summed E-state index contributed by atoms with van der Waals surface area (Å²) in [5.41, 5.74) is -0.986. The van der Waals surface area contributed by atoms with Gasteiger partial charge in [-0.25, -0.2) is 0 Å². The molecule has 1 unspecified atom stereocenters. The van der Waals surface area contributed by atoms with Crippen LogP contribution in [0.4, 0.5) is 0 Å². The highest BCUT2D eigenvalue weighted by atomic mass is 16.3. The quantitative estimate of drug-likeness (QED) is 0.572. The minimum absolute atomic E-state index is 0.305. The van der Waals surface area contributed by atoms with Gasteiger partial charge in [-0.2, -0.15) is 0 Å². The average Bonchev–Trinajstić information content (AvgIpc) is 2.23. The number of aliphatic hydroxyl groups excluding tert-OH is 1. The lowest BCUT2D eigenvalue weighted by atomic mass is 10.2. The highest BCUT2D eigenvalue weighted by molar-refractivity contribution is 4.84. The van der Waals surface area contributed by atoms with Crippen molar-refractivity contribution in [3.05, 3.63) is 33.1 Å². The minimum atomic E-state index is -0.502. The van der Waals surface area contributed by atoms with E-state index in [4.69, 9.17) is 5.11 Å². The maximum atomic E-state index is 11.5. The molecular weight excluding hydrogens is 208 g/mol. The number of aliphatic hydroxyl groups is 1. The third-order valence-electron chi connectivity index (χ3n) is 2.51. The molecule has 1 heterocycles. The average molecular weight is 226 g/mol. The topological polar surface area (TPSA) is 64.2 Å². The molecule has 0 aromatic carbocycles. The van der Waals surface area contributed by atoms with E-state index in [1.54, 1.807) is 26.4 Å². The predicted molar refractivity (Wildman–Crippen MR) is 61.5 cm³/mol. The second-order valence-electron chi connectivity index (χ2n) is 4.06. The number of hydrogen-bond donors (Lipinski definition) is 1. The Morgan fingerprint density at radius 1 is 1.25 bits per heavy atom. The number of nitrogens with zero attached hydrogens (tertiary/aromatic N) is 2. The molecule has 1 aromatic rings. The molecule has 1 atom stereocenters. The molecular formula is C11H18N2O3. The van der Waals surface area contributed by atoms with Crippen molar-refractivity contribution in [3.8, 4) is 0 Å². The summed E-state index contributed by atoms with van der Waals surface area (Å²) in [7, 11) is 1.56. The maximum Gasteiger partial charge on any atom is 0.316 e. The van der Waals surface area contributed by atoms with Crippen LogP contribution in [0.15, 0.2) is 22.0 Å². The van der Waals surface area contributed by atoms with Crippen molar-refractivity contribution in [1.29, 1.82) is 0 Å². The first-order valence-corrected chi connectivity index (χ1v) is 5.46. The molecule has 0 spiro atoms. The van der Waals surface area contributed by atoms with E-state index < -0.39 is 11.1 Å². The fourth-order valence-corrected chi connectivity index (χ4v) is 1.49. The molecule has 1 rings (SSSR count). The van der Waals surface area contributed by atoms with Crippen LogP contribution in [-0.2, 0) is 13.6 Å². The summed E-state index contributed by atoms with van der Waals surface area (Å²) in [4.78, 5) is 22.8. The largest absolute Gasteiger partial charge is 0.393 e. The lowest BCUT2D eigenvalue weighted by Gasteiger charge is -2.06. The molecule has 0 aliphatic carbocycles. The Morgan fingerprint density at radius 2 is 1.94 bits per heavy atom. The molecule has 5 nitrogen and oxygen atoms in total. The van der Waals surface area contributed by atoms with Crippen molar-refractivity contribution < 1.29 is 5.11 Å². The van der Waals surface area contributed by atoms with E-state index in [1.807, 2.05) is 0 Å².